The summed E-state index contributed by atoms with van der Waals surface area (Å²) in [4.78, 5) is 12.0. The van der Waals surface area contributed by atoms with Gasteiger partial charge in [-0.25, -0.2) is 27.1 Å². The van der Waals surface area contributed by atoms with Crippen molar-refractivity contribution in [2.75, 3.05) is 0 Å². The van der Waals surface area contributed by atoms with Gasteiger partial charge in [-0.3, -0.25) is 0 Å². The number of hydrogen-bond acceptors (Lipinski definition) is 4. The first-order chi connectivity index (χ1) is 11.1. The van der Waals surface area contributed by atoms with E-state index in [1.54, 1.807) is 6.92 Å². The first-order valence-electron chi connectivity index (χ1n) is 6.89. The van der Waals surface area contributed by atoms with Crippen molar-refractivity contribution in [1.29, 1.82) is 0 Å². The number of carbonyl (C=O) groups is 1. The summed E-state index contributed by atoms with van der Waals surface area (Å²) in [6, 6.07) is 6.70. The van der Waals surface area contributed by atoms with E-state index in [4.69, 9.17) is 9.88 Å². The summed E-state index contributed by atoms with van der Waals surface area (Å²) in [5.41, 5.74) is 0.472. The molecule has 0 fully saturated rings. The smallest absolute Gasteiger partial charge is 0.339 e. The van der Waals surface area contributed by atoms with E-state index in [0.29, 0.717) is 11.6 Å². The quantitative estimate of drug-likeness (QED) is 0.855. The number of nitrogens with two attached hydrogens (primary N) is 1. The van der Waals surface area contributed by atoms with E-state index in [0.717, 1.165) is 12.1 Å². The lowest BCUT2D eigenvalue weighted by molar-refractivity contribution is 0.0330. The molecule has 2 rings (SSSR count). The first-order valence-corrected chi connectivity index (χ1v) is 8.43. The van der Waals surface area contributed by atoms with Crippen LogP contribution in [0.5, 0.6) is 0 Å². The van der Waals surface area contributed by atoms with Crippen molar-refractivity contribution in [3.63, 3.8) is 0 Å². The van der Waals surface area contributed by atoms with Gasteiger partial charge in [-0.1, -0.05) is 6.07 Å². The molecule has 0 spiro atoms. The lowest BCUT2D eigenvalue weighted by Gasteiger charge is -2.15. The summed E-state index contributed by atoms with van der Waals surface area (Å²) in [5, 5.41) is 5.04. The lowest BCUT2D eigenvalue weighted by atomic mass is 10.1. The molecule has 0 heterocycles. The van der Waals surface area contributed by atoms with Crippen molar-refractivity contribution in [2.24, 2.45) is 5.14 Å². The molecule has 0 saturated heterocycles. The van der Waals surface area contributed by atoms with E-state index in [9.17, 15) is 22.0 Å². The van der Waals surface area contributed by atoms with Crippen LogP contribution in [-0.2, 0) is 14.8 Å². The number of esters is 1. The molecule has 8 heteroatoms. The fourth-order valence-corrected chi connectivity index (χ4v) is 2.66. The zero-order chi connectivity index (χ0) is 18.1. The Bertz CT molecular complexity index is 897. The van der Waals surface area contributed by atoms with Gasteiger partial charge in [-0.15, -0.1) is 0 Å². The zero-order valence-electron chi connectivity index (χ0n) is 12.9. The van der Waals surface area contributed by atoms with Crippen LogP contribution < -0.4 is 5.14 Å². The van der Waals surface area contributed by atoms with Crippen LogP contribution >= 0.6 is 0 Å². The standard InChI is InChI=1S/C16H15F2NO4S/c1-9-3-5-12(24(19,21)22)8-14(9)16(20)23-10(2)13-6-4-11(17)7-15(13)18/h3-8,10H,1-2H3,(H2,19,21,22). The normalized spacial score (nSPS) is 12.7. The molecule has 0 aromatic heterocycles. The second kappa shape index (κ2) is 6.66. The van der Waals surface area contributed by atoms with E-state index in [1.165, 1.54) is 25.1 Å². The maximum atomic E-state index is 13.7. The Labute approximate surface area is 138 Å². The van der Waals surface area contributed by atoms with Gasteiger partial charge in [0.2, 0.25) is 10.0 Å². The third-order valence-corrected chi connectivity index (χ3v) is 4.35. The van der Waals surface area contributed by atoms with Crippen LogP contribution in [0.4, 0.5) is 8.78 Å². The van der Waals surface area contributed by atoms with Crippen LogP contribution in [-0.4, -0.2) is 14.4 Å². The Hall–Kier alpha value is -2.32. The summed E-state index contributed by atoms with van der Waals surface area (Å²) in [6.07, 6.45) is -0.990. The van der Waals surface area contributed by atoms with Crippen molar-refractivity contribution < 1.29 is 26.7 Å². The van der Waals surface area contributed by atoms with Crippen molar-refractivity contribution in [1.82, 2.24) is 0 Å². The number of carbonyl (C=O) groups excluding carboxylic acids is 1. The molecule has 2 N–H and O–H groups in total. The van der Waals surface area contributed by atoms with E-state index in [2.05, 4.69) is 0 Å². The Morgan fingerprint density at radius 2 is 1.83 bits per heavy atom. The van der Waals surface area contributed by atoms with Gasteiger partial charge in [-0.2, -0.15) is 0 Å². The van der Waals surface area contributed by atoms with Gasteiger partial charge in [-0.05, 0) is 43.7 Å². The maximum absolute atomic E-state index is 13.7. The van der Waals surface area contributed by atoms with Crippen LogP contribution in [0, 0.1) is 18.6 Å². The fourth-order valence-electron chi connectivity index (χ4n) is 2.12. The van der Waals surface area contributed by atoms with E-state index in [-0.39, 0.29) is 16.0 Å². The Morgan fingerprint density at radius 1 is 1.17 bits per heavy atom. The largest absolute Gasteiger partial charge is 0.454 e. The third-order valence-electron chi connectivity index (χ3n) is 3.44. The monoisotopic (exact) mass is 355 g/mol. The lowest BCUT2D eigenvalue weighted by Crippen LogP contribution is -2.15. The topological polar surface area (TPSA) is 86.5 Å². The van der Waals surface area contributed by atoms with Gasteiger partial charge in [0, 0.05) is 11.6 Å². The van der Waals surface area contributed by atoms with Crippen molar-refractivity contribution in [3.8, 4) is 0 Å². The van der Waals surface area contributed by atoms with Crippen LogP contribution in [0.15, 0.2) is 41.3 Å². The van der Waals surface area contributed by atoms with Gasteiger partial charge in [0.1, 0.15) is 17.7 Å². The molecular weight excluding hydrogens is 340 g/mol. The molecule has 1 atom stereocenters. The second-order valence-corrected chi connectivity index (χ2v) is 6.80. The number of halogens is 2. The minimum absolute atomic E-state index is 0.00380. The molecule has 0 amide bonds. The number of rotatable bonds is 4. The number of primary sulfonamides is 1. The van der Waals surface area contributed by atoms with E-state index in [1.807, 2.05) is 0 Å². The maximum Gasteiger partial charge on any atom is 0.339 e. The highest BCUT2D eigenvalue weighted by molar-refractivity contribution is 7.89. The van der Waals surface area contributed by atoms with Gasteiger partial charge in [0.05, 0.1) is 10.5 Å². The van der Waals surface area contributed by atoms with Crippen LogP contribution in [0.1, 0.15) is 34.5 Å². The predicted octanol–water partition coefficient (Wildman–Crippen LogP) is 2.84. The van der Waals surface area contributed by atoms with Gasteiger partial charge in [0.15, 0.2) is 0 Å². The summed E-state index contributed by atoms with van der Waals surface area (Å²) in [5.74, 6) is -2.42. The highest BCUT2D eigenvalue weighted by atomic mass is 32.2. The summed E-state index contributed by atoms with van der Waals surface area (Å²) >= 11 is 0. The Kier molecular flexibility index (Phi) is 5.00. The van der Waals surface area contributed by atoms with Gasteiger partial charge >= 0.3 is 5.97 Å². The second-order valence-electron chi connectivity index (χ2n) is 5.24. The minimum atomic E-state index is -3.98. The number of sulfonamides is 1. The van der Waals surface area contributed by atoms with Gasteiger partial charge < -0.3 is 4.74 Å². The molecule has 1 unspecified atom stereocenters. The highest BCUT2D eigenvalue weighted by Crippen LogP contribution is 2.24. The number of aryl methyl sites for hydroxylation is 1. The Balaban J connectivity index is 2.29. The van der Waals surface area contributed by atoms with E-state index < -0.39 is 33.7 Å². The highest BCUT2D eigenvalue weighted by Gasteiger charge is 2.20. The Morgan fingerprint density at radius 3 is 2.42 bits per heavy atom. The molecule has 0 aliphatic carbocycles. The van der Waals surface area contributed by atoms with Crippen LogP contribution in [0.2, 0.25) is 0 Å². The molecule has 0 bridgehead atoms. The summed E-state index contributed by atoms with van der Waals surface area (Å²) in [7, 11) is -3.98. The molecule has 0 radical (unpaired) electrons. The zero-order valence-corrected chi connectivity index (χ0v) is 13.7. The predicted molar refractivity (Wildman–Crippen MR) is 82.7 cm³/mol. The van der Waals surface area contributed by atoms with Crippen molar-refractivity contribution in [2.45, 2.75) is 24.8 Å². The first kappa shape index (κ1) is 18.0. The number of hydrogen-bond donors (Lipinski definition) is 1. The number of ether oxygens (including phenoxy) is 1. The molecule has 0 saturated carbocycles. The average Bonchev–Trinajstić information content (AvgIpc) is 2.45. The third kappa shape index (κ3) is 3.95. The fraction of sp³-hybridized carbons (Fsp3) is 0.188. The summed E-state index contributed by atoms with van der Waals surface area (Å²) < 4.78 is 54.6. The number of benzene rings is 2. The van der Waals surface area contributed by atoms with Crippen molar-refractivity contribution in [3.05, 3.63) is 64.7 Å². The molecule has 0 aliphatic rings. The molecular formula is C16H15F2NO4S. The van der Waals surface area contributed by atoms with Gasteiger partial charge in [0.25, 0.3) is 0 Å². The van der Waals surface area contributed by atoms with Crippen molar-refractivity contribution >= 4 is 16.0 Å². The SMILES string of the molecule is Cc1ccc(S(N)(=O)=O)cc1C(=O)OC(C)c1ccc(F)cc1F. The molecule has 2 aromatic rings. The molecule has 2 aromatic carbocycles. The molecule has 128 valence electrons. The van der Waals surface area contributed by atoms with Crippen LogP contribution in [0.25, 0.3) is 0 Å². The van der Waals surface area contributed by atoms with Crippen LogP contribution in [0.3, 0.4) is 0 Å². The molecule has 24 heavy (non-hydrogen) atoms. The molecule has 0 aliphatic heterocycles. The molecule has 5 nitrogen and oxygen atoms in total. The average molecular weight is 355 g/mol. The minimum Gasteiger partial charge on any atom is -0.454 e. The summed E-state index contributed by atoms with van der Waals surface area (Å²) in [6.45, 7) is 3.01. The van der Waals surface area contributed by atoms with E-state index >= 15 is 0 Å².